The Morgan fingerprint density at radius 2 is 2.24 bits per heavy atom. The molecule has 0 saturated carbocycles. The summed E-state index contributed by atoms with van der Waals surface area (Å²) in [6.07, 6.45) is 1.05. The number of hydrogen-bond acceptors (Lipinski definition) is 2. The topological polar surface area (TPSA) is 18.5 Å². The molecule has 0 bridgehead atoms. The lowest BCUT2D eigenvalue weighted by molar-refractivity contribution is 0.167. The van der Waals surface area contributed by atoms with E-state index in [1.165, 1.54) is 0 Å². The molecule has 1 aliphatic heterocycles. The molecule has 0 aliphatic carbocycles. The zero-order valence-electron chi connectivity index (χ0n) is 9.22. The van der Waals surface area contributed by atoms with Crippen molar-refractivity contribution >= 4 is 39.1 Å². The van der Waals surface area contributed by atoms with E-state index in [1.54, 1.807) is 6.07 Å². The van der Waals surface area contributed by atoms with Crippen LogP contribution in [0, 0.1) is 5.92 Å². The van der Waals surface area contributed by atoms with Gasteiger partial charge >= 0.3 is 0 Å². The Balaban J connectivity index is 2.08. The van der Waals surface area contributed by atoms with E-state index in [4.69, 9.17) is 32.7 Å². The van der Waals surface area contributed by atoms with Crippen LogP contribution in [-0.4, -0.2) is 19.8 Å². The molecule has 94 valence electrons. The van der Waals surface area contributed by atoms with Gasteiger partial charge in [-0.15, -0.1) is 0 Å². The molecule has 5 heteroatoms. The molecule has 0 aromatic heterocycles. The lowest BCUT2D eigenvalue weighted by Crippen LogP contribution is -2.12. The molecule has 1 atom stereocenters. The third kappa shape index (κ3) is 3.50. The fourth-order valence-electron chi connectivity index (χ4n) is 1.79. The van der Waals surface area contributed by atoms with Crippen LogP contribution < -0.4 is 4.74 Å². The van der Waals surface area contributed by atoms with Crippen LogP contribution in [0.4, 0.5) is 0 Å². The highest BCUT2D eigenvalue weighted by molar-refractivity contribution is 9.08. The summed E-state index contributed by atoms with van der Waals surface area (Å²) >= 11 is 15.5. The zero-order valence-corrected chi connectivity index (χ0v) is 12.3. The van der Waals surface area contributed by atoms with Gasteiger partial charge in [-0.3, -0.25) is 0 Å². The maximum atomic E-state index is 6.14. The van der Waals surface area contributed by atoms with Crippen molar-refractivity contribution in [3.05, 3.63) is 27.7 Å². The normalized spacial score (nSPS) is 19.6. The predicted molar refractivity (Wildman–Crippen MR) is 73.5 cm³/mol. The average molecular weight is 340 g/mol. The Morgan fingerprint density at radius 1 is 1.41 bits per heavy atom. The molecule has 0 N–H and O–H groups in total. The molecule has 2 rings (SSSR count). The Bertz CT molecular complexity index is 392. The Hall–Kier alpha value is 0.0400. The van der Waals surface area contributed by atoms with Gasteiger partial charge in [0, 0.05) is 28.4 Å². The zero-order chi connectivity index (χ0) is 12.3. The number of alkyl halides is 1. The first kappa shape index (κ1) is 13.5. The van der Waals surface area contributed by atoms with Crippen LogP contribution in [0.5, 0.6) is 5.75 Å². The van der Waals surface area contributed by atoms with Crippen LogP contribution in [0.25, 0.3) is 0 Å². The second-order valence-corrected chi connectivity index (χ2v) is 5.45. The van der Waals surface area contributed by atoms with Gasteiger partial charge in [0.15, 0.2) is 0 Å². The van der Waals surface area contributed by atoms with Gasteiger partial charge in [-0.2, -0.15) is 0 Å². The minimum Gasteiger partial charge on any atom is -0.491 e. The van der Waals surface area contributed by atoms with Crippen molar-refractivity contribution in [2.75, 3.05) is 19.8 Å². The molecule has 1 aromatic rings. The van der Waals surface area contributed by atoms with Gasteiger partial charge in [0.25, 0.3) is 0 Å². The Kier molecular flexibility index (Phi) is 4.97. The summed E-state index contributed by atoms with van der Waals surface area (Å²) in [6, 6.07) is 3.57. The summed E-state index contributed by atoms with van der Waals surface area (Å²) in [5.41, 5.74) is 0.974. The van der Waals surface area contributed by atoms with E-state index in [-0.39, 0.29) is 0 Å². The van der Waals surface area contributed by atoms with E-state index in [9.17, 15) is 0 Å². The fraction of sp³-hybridized carbons (Fsp3) is 0.500. The quantitative estimate of drug-likeness (QED) is 0.761. The first-order valence-electron chi connectivity index (χ1n) is 5.45. The number of ether oxygens (including phenoxy) is 2. The summed E-state index contributed by atoms with van der Waals surface area (Å²) in [5.74, 6) is 1.18. The van der Waals surface area contributed by atoms with Gasteiger partial charge < -0.3 is 9.47 Å². The molecular formula is C12H13BrCl2O2. The second kappa shape index (κ2) is 6.28. The van der Waals surface area contributed by atoms with Crippen molar-refractivity contribution in [3.63, 3.8) is 0 Å². The maximum Gasteiger partial charge on any atom is 0.142 e. The predicted octanol–water partition coefficient (Wildman–Crippen LogP) is 4.30. The van der Waals surface area contributed by atoms with Gasteiger partial charge in [0.1, 0.15) is 5.75 Å². The third-order valence-corrected chi connectivity index (χ3v) is 3.82. The number of halogens is 3. The van der Waals surface area contributed by atoms with Crippen molar-refractivity contribution in [3.8, 4) is 5.75 Å². The Morgan fingerprint density at radius 3 is 2.88 bits per heavy atom. The van der Waals surface area contributed by atoms with Crippen LogP contribution in [0.1, 0.15) is 12.0 Å². The largest absolute Gasteiger partial charge is 0.491 e. The number of benzene rings is 1. The lowest BCUT2D eigenvalue weighted by Gasteiger charge is -2.15. The van der Waals surface area contributed by atoms with E-state index in [2.05, 4.69) is 15.9 Å². The molecule has 0 radical (unpaired) electrons. The molecule has 17 heavy (non-hydrogen) atoms. The molecule has 0 amide bonds. The highest BCUT2D eigenvalue weighted by Crippen LogP contribution is 2.34. The molecule has 1 aromatic carbocycles. The van der Waals surface area contributed by atoms with Crippen molar-refractivity contribution in [2.24, 2.45) is 5.92 Å². The third-order valence-electron chi connectivity index (χ3n) is 2.72. The Labute approximate surface area is 119 Å². The smallest absolute Gasteiger partial charge is 0.142 e. The SMILES string of the molecule is Clc1cc(Cl)c(OCC2CCOC2)c(CBr)c1. The van der Waals surface area contributed by atoms with Crippen molar-refractivity contribution in [1.82, 2.24) is 0 Å². The minimum atomic E-state index is 0.463. The van der Waals surface area contributed by atoms with E-state index < -0.39 is 0 Å². The average Bonchev–Trinajstić information content (AvgIpc) is 2.79. The second-order valence-electron chi connectivity index (χ2n) is 4.05. The molecule has 1 heterocycles. The summed E-state index contributed by atoms with van der Waals surface area (Å²) in [4.78, 5) is 0. The standard InChI is InChI=1S/C12H13BrCl2O2/c13-5-9-3-10(14)4-11(15)12(9)17-7-8-1-2-16-6-8/h3-4,8H,1-2,5-7H2. The summed E-state index contributed by atoms with van der Waals surface area (Å²) < 4.78 is 11.1. The van der Waals surface area contributed by atoms with Crippen molar-refractivity contribution < 1.29 is 9.47 Å². The first-order valence-corrected chi connectivity index (χ1v) is 7.33. The highest BCUT2D eigenvalue weighted by atomic mass is 79.9. The molecule has 0 spiro atoms. The fourth-order valence-corrected chi connectivity index (χ4v) is 2.80. The summed E-state index contributed by atoms with van der Waals surface area (Å²) in [7, 11) is 0. The maximum absolute atomic E-state index is 6.14. The number of rotatable bonds is 4. The van der Waals surface area contributed by atoms with Gasteiger partial charge in [0.05, 0.1) is 18.2 Å². The van der Waals surface area contributed by atoms with Crippen LogP contribution >= 0.6 is 39.1 Å². The summed E-state index contributed by atoms with van der Waals surface area (Å²) in [6.45, 7) is 2.24. The van der Waals surface area contributed by atoms with Crippen LogP contribution in [0.2, 0.25) is 10.0 Å². The molecule has 1 saturated heterocycles. The van der Waals surface area contributed by atoms with Crippen LogP contribution in [0.3, 0.4) is 0 Å². The minimum absolute atomic E-state index is 0.463. The van der Waals surface area contributed by atoms with Gasteiger partial charge in [-0.05, 0) is 18.6 Å². The van der Waals surface area contributed by atoms with Crippen LogP contribution in [0.15, 0.2) is 12.1 Å². The van der Waals surface area contributed by atoms with Crippen LogP contribution in [-0.2, 0) is 10.1 Å². The first-order chi connectivity index (χ1) is 8.20. The van der Waals surface area contributed by atoms with E-state index >= 15 is 0 Å². The molecule has 1 unspecified atom stereocenters. The molecular weight excluding hydrogens is 327 g/mol. The van der Waals surface area contributed by atoms with E-state index in [1.807, 2.05) is 6.07 Å². The van der Waals surface area contributed by atoms with Gasteiger partial charge in [-0.25, -0.2) is 0 Å². The van der Waals surface area contributed by atoms with Crippen molar-refractivity contribution in [2.45, 2.75) is 11.8 Å². The molecule has 1 aliphatic rings. The van der Waals surface area contributed by atoms with Crippen molar-refractivity contribution in [1.29, 1.82) is 0 Å². The van der Waals surface area contributed by atoms with E-state index in [0.717, 1.165) is 30.9 Å². The summed E-state index contributed by atoms with van der Waals surface area (Å²) in [5, 5.41) is 1.86. The lowest BCUT2D eigenvalue weighted by atomic mass is 10.1. The molecule has 2 nitrogen and oxygen atoms in total. The van der Waals surface area contributed by atoms with Gasteiger partial charge in [0.2, 0.25) is 0 Å². The molecule has 1 fully saturated rings. The number of hydrogen-bond donors (Lipinski definition) is 0. The van der Waals surface area contributed by atoms with Gasteiger partial charge in [-0.1, -0.05) is 39.1 Å². The monoisotopic (exact) mass is 338 g/mol. The van der Waals surface area contributed by atoms with E-state index in [0.29, 0.717) is 27.9 Å². The highest BCUT2D eigenvalue weighted by Gasteiger charge is 2.18.